The van der Waals surface area contributed by atoms with Crippen LogP contribution in [0.1, 0.15) is 24.5 Å². The van der Waals surface area contributed by atoms with Gasteiger partial charge in [-0.15, -0.1) is 12.4 Å². The molecule has 0 saturated carbocycles. The van der Waals surface area contributed by atoms with Gasteiger partial charge in [0, 0.05) is 25.2 Å². The quantitative estimate of drug-likeness (QED) is 0.594. The molecule has 0 aromatic heterocycles. The second-order valence-corrected chi connectivity index (χ2v) is 7.39. The second-order valence-electron chi connectivity index (χ2n) is 5.62. The van der Waals surface area contributed by atoms with Gasteiger partial charge in [-0.3, -0.25) is 4.79 Å². The SMILES string of the molecule is CCNS(=O)(=O)c1ccc(CNC(=O)CCc2ccccc2N)cc1.Cl. The molecule has 26 heavy (non-hydrogen) atoms. The molecule has 2 aromatic rings. The Bertz CT molecular complexity index is 824. The summed E-state index contributed by atoms with van der Waals surface area (Å²) < 4.78 is 26.2. The third-order valence-corrected chi connectivity index (χ3v) is 5.30. The predicted octanol–water partition coefficient (Wildman–Crippen LogP) is 2.24. The van der Waals surface area contributed by atoms with E-state index in [1.807, 2.05) is 24.3 Å². The Kier molecular flexibility index (Phi) is 8.57. The van der Waals surface area contributed by atoms with Crippen LogP contribution in [0.5, 0.6) is 0 Å². The number of amides is 1. The summed E-state index contributed by atoms with van der Waals surface area (Å²) in [6, 6.07) is 13.9. The number of sulfonamides is 1. The molecule has 0 aliphatic rings. The summed E-state index contributed by atoms with van der Waals surface area (Å²) in [5.41, 5.74) is 8.33. The Morgan fingerprint density at radius 1 is 1.08 bits per heavy atom. The summed E-state index contributed by atoms with van der Waals surface area (Å²) >= 11 is 0. The monoisotopic (exact) mass is 397 g/mol. The first-order valence-corrected chi connectivity index (χ1v) is 9.59. The minimum atomic E-state index is -3.45. The summed E-state index contributed by atoms with van der Waals surface area (Å²) in [6.45, 7) is 2.42. The molecule has 0 aliphatic heterocycles. The highest BCUT2D eigenvalue weighted by Crippen LogP contribution is 2.13. The molecule has 0 aliphatic carbocycles. The van der Waals surface area contributed by atoms with Gasteiger partial charge in [0.25, 0.3) is 0 Å². The molecule has 0 saturated heterocycles. The summed E-state index contributed by atoms with van der Waals surface area (Å²) in [6.07, 6.45) is 0.930. The Balaban J connectivity index is 0.00000338. The van der Waals surface area contributed by atoms with Gasteiger partial charge in [0.05, 0.1) is 4.90 Å². The van der Waals surface area contributed by atoms with Crippen molar-refractivity contribution in [3.63, 3.8) is 0 Å². The number of hydrogen-bond donors (Lipinski definition) is 3. The van der Waals surface area contributed by atoms with Gasteiger partial charge >= 0.3 is 0 Å². The average molecular weight is 398 g/mol. The molecule has 6 nitrogen and oxygen atoms in total. The maximum atomic E-state index is 12.0. The van der Waals surface area contributed by atoms with Crippen molar-refractivity contribution in [2.24, 2.45) is 0 Å². The third-order valence-electron chi connectivity index (χ3n) is 3.73. The molecule has 0 spiro atoms. The van der Waals surface area contributed by atoms with E-state index in [9.17, 15) is 13.2 Å². The number of aryl methyl sites for hydroxylation is 1. The van der Waals surface area contributed by atoms with Gasteiger partial charge in [-0.1, -0.05) is 37.3 Å². The lowest BCUT2D eigenvalue weighted by atomic mass is 10.1. The molecular weight excluding hydrogens is 374 g/mol. The van der Waals surface area contributed by atoms with Crippen molar-refractivity contribution < 1.29 is 13.2 Å². The molecule has 0 bridgehead atoms. The van der Waals surface area contributed by atoms with Crippen molar-refractivity contribution in [3.05, 3.63) is 59.7 Å². The van der Waals surface area contributed by atoms with Crippen molar-refractivity contribution in [1.29, 1.82) is 0 Å². The highest BCUT2D eigenvalue weighted by Gasteiger charge is 2.12. The standard InChI is InChI=1S/C18H23N3O3S.ClH/c1-2-21-25(23,24)16-10-7-14(8-11-16)13-20-18(22)12-9-15-5-3-4-6-17(15)19;/h3-8,10-11,21H,2,9,12-13,19H2,1H3,(H,20,22);1H. The first kappa shape index (κ1) is 22.0. The average Bonchev–Trinajstić information content (AvgIpc) is 2.59. The van der Waals surface area contributed by atoms with E-state index in [2.05, 4.69) is 10.0 Å². The first-order chi connectivity index (χ1) is 11.9. The highest BCUT2D eigenvalue weighted by atomic mass is 35.5. The molecule has 8 heteroatoms. The largest absolute Gasteiger partial charge is 0.399 e. The summed E-state index contributed by atoms with van der Waals surface area (Å²) in [4.78, 5) is 12.2. The lowest BCUT2D eigenvalue weighted by Gasteiger charge is -2.08. The fraction of sp³-hybridized carbons (Fsp3) is 0.278. The number of halogens is 1. The normalized spacial score (nSPS) is 10.8. The molecule has 0 atom stereocenters. The van der Waals surface area contributed by atoms with Gasteiger partial charge in [0.15, 0.2) is 0 Å². The van der Waals surface area contributed by atoms with Gasteiger partial charge in [0.2, 0.25) is 15.9 Å². The number of para-hydroxylation sites is 1. The van der Waals surface area contributed by atoms with E-state index in [0.29, 0.717) is 31.6 Å². The van der Waals surface area contributed by atoms with E-state index in [0.717, 1.165) is 11.1 Å². The van der Waals surface area contributed by atoms with Crippen LogP contribution in [0.4, 0.5) is 5.69 Å². The third kappa shape index (κ3) is 6.33. The lowest BCUT2D eigenvalue weighted by Crippen LogP contribution is -2.24. The van der Waals surface area contributed by atoms with Gasteiger partial charge in [-0.2, -0.15) is 0 Å². The van der Waals surface area contributed by atoms with Crippen LogP contribution in [0.25, 0.3) is 0 Å². The van der Waals surface area contributed by atoms with Crippen LogP contribution < -0.4 is 15.8 Å². The molecule has 0 heterocycles. The number of hydrogen-bond acceptors (Lipinski definition) is 4. The van der Waals surface area contributed by atoms with Crippen LogP contribution in [-0.2, 0) is 27.8 Å². The van der Waals surface area contributed by atoms with E-state index in [1.54, 1.807) is 19.1 Å². The predicted molar refractivity (Wildman–Crippen MR) is 106 cm³/mol. The first-order valence-electron chi connectivity index (χ1n) is 8.11. The number of benzene rings is 2. The van der Waals surface area contributed by atoms with Gasteiger partial charge in [0.1, 0.15) is 0 Å². The minimum absolute atomic E-state index is 0. The highest BCUT2D eigenvalue weighted by molar-refractivity contribution is 7.89. The number of rotatable bonds is 8. The molecule has 2 rings (SSSR count). The Hall–Kier alpha value is -2.09. The number of nitrogen functional groups attached to an aromatic ring is 1. The van der Waals surface area contributed by atoms with Crippen molar-refractivity contribution in [1.82, 2.24) is 10.0 Å². The van der Waals surface area contributed by atoms with Crippen molar-refractivity contribution in [2.75, 3.05) is 12.3 Å². The molecule has 4 N–H and O–H groups in total. The summed E-state index contributed by atoms with van der Waals surface area (Å²) in [5, 5.41) is 2.83. The maximum Gasteiger partial charge on any atom is 0.240 e. The molecule has 142 valence electrons. The zero-order chi connectivity index (χ0) is 18.3. The number of carbonyl (C=O) groups excluding carboxylic acids is 1. The van der Waals surface area contributed by atoms with E-state index >= 15 is 0 Å². The van der Waals surface area contributed by atoms with Crippen LogP contribution in [0.2, 0.25) is 0 Å². The van der Waals surface area contributed by atoms with E-state index in [-0.39, 0.29) is 23.2 Å². The number of nitrogens with two attached hydrogens (primary N) is 1. The van der Waals surface area contributed by atoms with Crippen molar-refractivity contribution >= 4 is 34.0 Å². The summed E-state index contributed by atoms with van der Waals surface area (Å²) in [5.74, 6) is -0.0763. The van der Waals surface area contributed by atoms with Gasteiger partial charge in [-0.25, -0.2) is 13.1 Å². The molecule has 0 unspecified atom stereocenters. The number of anilines is 1. The van der Waals surface area contributed by atoms with E-state index in [4.69, 9.17) is 5.73 Å². The minimum Gasteiger partial charge on any atom is -0.399 e. The zero-order valence-electron chi connectivity index (χ0n) is 14.6. The molecule has 0 fully saturated rings. The van der Waals surface area contributed by atoms with E-state index in [1.165, 1.54) is 12.1 Å². The topological polar surface area (TPSA) is 101 Å². The molecule has 1 amide bonds. The lowest BCUT2D eigenvalue weighted by molar-refractivity contribution is -0.121. The zero-order valence-corrected chi connectivity index (χ0v) is 16.2. The van der Waals surface area contributed by atoms with Crippen LogP contribution in [0.3, 0.4) is 0 Å². The Morgan fingerprint density at radius 2 is 1.73 bits per heavy atom. The number of nitrogens with one attached hydrogen (secondary N) is 2. The second kappa shape index (κ2) is 10.2. The van der Waals surface area contributed by atoms with Crippen LogP contribution in [-0.4, -0.2) is 20.9 Å². The van der Waals surface area contributed by atoms with Crippen LogP contribution in [0, 0.1) is 0 Å². The van der Waals surface area contributed by atoms with E-state index < -0.39 is 10.0 Å². The smallest absolute Gasteiger partial charge is 0.240 e. The van der Waals surface area contributed by atoms with Crippen molar-refractivity contribution in [2.45, 2.75) is 31.2 Å². The molecule has 2 aromatic carbocycles. The van der Waals surface area contributed by atoms with Crippen LogP contribution >= 0.6 is 12.4 Å². The van der Waals surface area contributed by atoms with Crippen molar-refractivity contribution in [3.8, 4) is 0 Å². The fourth-order valence-corrected chi connectivity index (χ4v) is 3.40. The summed E-state index contributed by atoms with van der Waals surface area (Å²) in [7, 11) is -3.45. The Morgan fingerprint density at radius 3 is 2.35 bits per heavy atom. The van der Waals surface area contributed by atoms with Gasteiger partial charge < -0.3 is 11.1 Å². The maximum absolute atomic E-state index is 12.0. The molecular formula is C18H24ClN3O3S. The fourth-order valence-electron chi connectivity index (χ4n) is 2.36. The van der Waals surface area contributed by atoms with Gasteiger partial charge in [-0.05, 0) is 35.7 Å². The molecule has 0 radical (unpaired) electrons. The van der Waals surface area contributed by atoms with Crippen LogP contribution in [0.15, 0.2) is 53.4 Å². The Labute approximate surface area is 160 Å². The number of carbonyl (C=O) groups is 1.